The molecule has 3 nitrogen and oxygen atoms in total. The molecule has 0 amide bonds. The summed E-state index contributed by atoms with van der Waals surface area (Å²) in [4.78, 5) is 2.57. The first-order valence-electron chi connectivity index (χ1n) is 6.07. The Kier molecular flexibility index (Phi) is 3.87. The summed E-state index contributed by atoms with van der Waals surface area (Å²) < 4.78 is 22.8. The van der Waals surface area contributed by atoms with Gasteiger partial charge < -0.3 is 4.90 Å². The van der Waals surface area contributed by atoms with Gasteiger partial charge in [-0.15, -0.1) is 11.6 Å². The molecule has 18 heavy (non-hydrogen) atoms. The molecule has 5 heteroatoms. The fraction of sp³-hybridized carbons (Fsp3) is 0.538. The first-order chi connectivity index (χ1) is 8.38. The van der Waals surface area contributed by atoms with Gasteiger partial charge in [-0.2, -0.15) is 0 Å². The van der Waals surface area contributed by atoms with Crippen molar-refractivity contribution >= 4 is 27.1 Å². The van der Waals surface area contributed by atoms with E-state index < -0.39 is 9.84 Å². The molecule has 2 unspecified atom stereocenters. The Morgan fingerprint density at radius 2 is 1.89 bits per heavy atom. The molecule has 2 atom stereocenters. The Labute approximate surface area is 114 Å². The molecular weight excluding hydrogens is 270 g/mol. The molecular formula is C13H18ClNO2S. The number of rotatable bonds is 2. The Balaban J connectivity index is 2.16. The zero-order valence-corrected chi connectivity index (χ0v) is 12.2. The summed E-state index contributed by atoms with van der Waals surface area (Å²) in [5, 5.41) is 0.160. The molecule has 0 spiro atoms. The van der Waals surface area contributed by atoms with Crippen molar-refractivity contribution < 1.29 is 8.42 Å². The second-order valence-electron chi connectivity index (χ2n) is 4.99. The molecule has 1 fully saturated rings. The third kappa shape index (κ3) is 2.98. The van der Waals surface area contributed by atoms with E-state index in [-0.39, 0.29) is 5.38 Å². The molecule has 0 N–H and O–H groups in total. The highest BCUT2D eigenvalue weighted by molar-refractivity contribution is 7.90. The highest BCUT2D eigenvalue weighted by Crippen LogP contribution is 2.27. The van der Waals surface area contributed by atoms with Gasteiger partial charge >= 0.3 is 0 Å². The van der Waals surface area contributed by atoms with Gasteiger partial charge in [0.25, 0.3) is 0 Å². The van der Waals surface area contributed by atoms with E-state index in [0.29, 0.717) is 10.8 Å². The fourth-order valence-corrected chi connectivity index (χ4v) is 3.08. The molecule has 0 bridgehead atoms. The molecule has 100 valence electrons. The van der Waals surface area contributed by atoms with E-state index in [1.807, 2.05) is 12.1 Å². The lowest BCUT2D eigenvalue weighted by Gasteiger charge is -2.35. The number of hydrogen-bond acceptors (Lipinski definition) is 3. The van der Waals surface area contributed by atoms with E-state index in [1.54, 1.807) is 12.1 Å². The van der Waals surface area contributed by atoms with Crippen LogP contribution in [0.1, 0.15) is 13.3 Å². The second-order valence-corrected chi connectivity index (χ2v) is 7.57. The van der Waals surface area contributed by atoms with Gasteiger partial charge in [0.15, 0.2) is 9.84 Å². The number of piperidine rings is 1. The lowest BCUT2D eigenvalue weighted by molar-refractivity contribution is 0.445. The number of nitrogens with zero attached hydrogens (tertiary/aromatic N) is 1. The molecule has 1 heterocycles. The van der Waals surface area contributed by atoms with Gasteiger partial charge in [-0.05, 0) is 36.6 Å². The monoisotopic (exact) mass is 287 g/mol. The van der Waals surface area contributed by atoms with Crippen molar-refractivity contribution in [3.05, 3.63) is 24.3 Å². The van der Waals surface area contributed by atoms with Gasteiger partial charge in [0.1, 0.15) is 0 Å². The number of alkyl halides is 1. The van der Waals surface area contributed by atoms with Crippen LogP contribution in [-0.4, -0.2) is 33.1 Å². The highest BCUT2D eigenvalue weighted by atomic mass is 35.5. The van der Waals surface area contributed by atoms with Crippen molar-refractivity contribution in [1.82, 2.24) is 0 Å². The smallest absolute Gasteiger partial charge is 0.175 e. The molecule has 0 saturated carbocycles. The molecule has 0 aromatic heterocycles. The van der Waals surface area contributed by atoms with Crippen molar-refractivity contribution in [2.24, 2.45) is 5.92 Å². The Morgan fingerprint density at radius 3 is 2.39 bits per heavy atom. The van der Waals surface area contributed by atoms with Crippen LogP contribution < -0.4 is 4.90 Å². The standard InChI is InChI=1S/C13H18ClNO2S/c1-10-7-8-15(9-13(10)14)11-3-5-12(6-4-11)18(2,16)17/h3-6,10,13H,7-9H2,1-2H3. The Hall–Kier alpha value is -0.740. The van der Waals surface area contributed by atoms with Crippen LogP contribution in [0.25, 0.3) is 0 Å². The van der Waals surface area contributed by atoms with E-state index in [2.05, 4.69) is 11.8 Å². The summed E-state index contributed by atoms with van der Waals surface area (Å²) in [5.74, 6) is 0.540. The van der Waals surface area contributed by atoms with Crippen LogP contribution in [0.3, 0.4) is 0 Å². The molecule has 2 rings (SSSR count). The molecule has 0 radical (unpaired) electrons. The largest absolute Gasteiger partial charge is 0.370 e. The van der Waals surface area contributed by atoms with Crippen molar-refractivity contribution in [2.75, 3.05) is 24.2 Å². The van der Waals surface area contributed by atoms with Crippen LogP contribution in [0.15, 0.2) is 29.2 Å². The number of benzene rings is 1. The summed E-state index contributed by atoms with van der Waals surface area (Å²) >= 11 is 6.28. The van der Waals surface area contributed by atoms with E-state index in [0.717, 1.165) is 25.2 Å². The van der Waals surface area contributed by atoms with Crippen molar-refractivity contribution in [3.8, 4) is 0 Å². The Morgan fingerprint density at radius 1 is 1.28 bits per heavy atom. The van der Waals surface area contributed by atoms with E-state index in [9.17, 15) is 8.42 Å². The highest BCUT2D eigenvalue weighted by Gasteiger charge is 2.24. The van der Waals surface area contributed by atoms with Crippen molar-refractivity contribution in [3.63, 3.8) is 0 Å². The van der Waals surface area contributed by atoms with E-state index in [1.165, 1.54) is 6.26 Å². The summed E-state index contributed by atoms with van der Waals surface area (Å²) in [6.45, 7) is 3.96. The quantitative estimate of drug-likeness (QED) is 0.785. The van der Waals surface area contributed by atoms with Gasteiger partial charge in [-0.1, -0.05) is 6.92 Å². The van der Waals surface area contributed by atoms with Crippen molar-refractivity contribution in [1.29, 1.82) is 0 Å². The number of anilines is 1. The number of hydrogen-bond donors (Lipinski definition) is 0. The van der Waals surface area contributed by atoms with Crippen molar-refractivity contribution in [2.45, 2.75) is 23.6 Å². The molecule has 1 aliphatic heterocycles. The van der Waals surface area contributed by atoms with Gasteiger partial charge in [0.05, 0.1) is 10.3 Å². The third-order valence-electron chi connectivity index (χ3n) is 3.50. The average Bonchev–Trinajstić information content (AvgIpc) is 2.32. The Bertz CT molecular complexity index is 512. The van der Waals surface area contributed by atoms with Crippen LogP contribution in [0.4, 0.5) is 5.69 Å². The predicted octanol–water partition coefficient (Wildman–Crippen LogP) is 2.54. The van der Waals surface area contributed by atoms with E-state index >= 15 is 0 Å². The van der Waals surface area contributed by atoms with Gasteiger partial charge in [0.2, 0.25) is 0 Å². The maximum absolute atomic E-state index is 11.4. The molecule has 0 aliphatic carbocycles. The summed E-state index contributed by atoms with van der Waals surface area (Å²) in [6.07, 6.45) is 2.29. The second kappa shape index (κ2) is 5.10. The summed E-state index contributed by atoms with van der Waals surface area (Å²) in [7, 11) is -3.11. The minimum absolute atomic E-state index is 0.160. The zero-order chi connectivity index (χ0) is 13.3. The van der Waals surface area contributed by atoms with Gasteiger partial charge in [-0.25, -0.2) is 8.42 Å². The predicted molar refractivity (Wildman–Crippen MR) is 75.2 cm³/mol. The SMILES string of the molecule is CC1CCN(c2ccc(S(C)(=O)=O)cc2)CC1Cl. The molecule has 1 saturated heterocycles. The summed E-state index contributed by atoms with van der Waals surface area (Å²) in [6, 6.07) is 7.03. The maximum Gasteiger partial charge on any atom is 0.175 e. The lowest BCUT2D eigenvalue weighted by Crippen LogP contribution is -2.40. The fourth-order valence-electron chi connectivity index (χ4n) is 2.16. The molecule has 1 aliphatic rings. The molecule has 1 aromatic rings. The number of sulfone groups is 1. The third-order valence-corrected chi connectivity index (χ3v) is 5.19. The van der Waals surface area contributed by atoms with Crippen LogP contribution in [0.5, 0.6) is 0 Å². The van der Waals surface area contributed by atoms with Crippen LogP contribution in [0, 0.1) is 5.92 Å². The normalized spacial score (nSPS) is 25.2. The number of halogens is 1. The first kappa shape index (κ1) is 13.7. The van der Waals surface area contributed by atoms with E-state index in [4.69, 9.17) is 11.6 Å². The minimum atomic E-state index is -3.11. The summed E-state index contributed by atoms with van der Waals surface area (Å²) in [5.41, 5.74) is 1.04. The van der Waals surface area contributed by atoms with Crippen LogP contribution in [0.2, 0.25) is 0 Å². The topological polar surface area (TPSA) is 37.4 Å². The first-order valence-corrected chi connectivity index (χ1v) is 8.40. The molecule has 1 aromatic carbocycles. The van der Waals surface area contributed by atoms with Crippen LogP contribution >= 0.6 is 11.6 Å². The lowest BCUT2D eigenvalue weighted by atomic mass is 9.98. The van der Waals surface area contributed by atoms with Gasteiger partial charge in [0, 0.05) is 25.0 Å². The maximum atomic E-state index is 11.4. The van der Waals surface area contributed by atoms with Crippen LogP contribution in [-0.2, 0) is 9.84 Å². The zero-order valence-electron chi connectivity index (χ0n) is 10.6. The average molecular weight is 288 g/mol. The minimum Gasteiger partial charge on any atom is -0.370 e. The van der Waals surface area contributed by atoms with Gasteiger partial charge in [-0.3, -0.25) is 0 Å².